The number of piperazine rings is 1. The first-order valence-corrected chi connectivity index (χ1v) is 11.8. The molecule has 188 valence electrons. The van der Waals surface area contributed by atoms with Crippen LogP contribution < -0.4 is 4.90 Å². The maximum absolute atomic E-state index is 13.6. The van der Waals surface area contributed by atoms with Gasteiger partial charge in [-0.15, -0.1) is 0 Å². The van der Waals surface area contributed by atoms with Crippen molar-refractivity contribution in [3.05, 3.63) is 59.7 Å². The molecule has 1 N–H and O–H groups in total. The molecule has 1 heterocycles. The van der Waals surface area contributed by atoms with Crippen molar-refractivity contribution in [2.75, 3.05) is 38.1 Å². The third kappa shape index (κ3) is 6.97. The molecule has 2 amide bonds. The number of aromatic hydroxyl groups is 1. The first-order valence-electron chi connectivity index (χ1n) is 11.8. The van der Waals surface area contributed by atoms with Gasteiger partial charge in [-0.05, 0) is 69.7 Å². The van der Waals surface area contributed by atoms with Crippen LogP contribution >= 0.6 is 0 Å². The van der Waals surface area contributed by atoms with Crippen LogP contribution in [-0.4, -0.2) is 77.6 Å². The molecule has 0 aromatic heterocycles. The highest BCUT2D eigenvalue weighted by molar-refractivity contribution is 5.94. The van der Waals surface area contributed by atoms with Crippen LogP contribution in [0.15, 0.2) is 48.5 Å². The largest absolute Gasteiger partial charge is 0.508 e. The number of phenolic OH excluding ortho intramolecular Hbond substituents is 1. The summed E-state index contributed by atoms with van der Waals surface area (Å²) in [7, 11) is 1.59. The van der Waals surface area contributed by atoms with Crippen molar-refractivity contribution < 1.29 is 24.2 Å². The molecule has 0 saturated carbocycles. The number of rotatable bonds is 6. The van der Waals surface area contributed by atoms with E-state index < -0.39 is 17.7 Å². The number of benzene rings is 2. The van der Waals surface area contributed by atoms with E-state index in [9.17, 15) is 19.5 Å². The van der Waals surface area contributed by atoms with E-state index >= 15 is 0 Å². The quantitative estimate of drug-likeness (QED) is 0.633. The predicted octanol–water partition coefficient (Wildman–Crippen LogP) is 3.72. The summed E-state index contributed by atoms with van der Waals surface area (Å²) < 4.78 is 5.52. The number of likely N-dealkylation sites (N-methyl/N-ethyl adjacent to an activating group) is 1. The number of carbonyl (C=O) groups excluding carboxylic acids is 3. The van der Waals surface area contributed by atoms with Crippen LogP contribution in [0.5, 0.6) is 5.75 Å². The molecule has 1 fully saturated rings. The predicted molar refractivity (Wildman–Crippen MR) is 135 cm³/mol. The molecular weight excluding hydrogens is 446 g/mol. The highest BCUT2D eigenvalue weighted by Gasteiger charge is 2.34. The molecule has 8 nitrogen and oxygen atoms in total. The minimum Gasteiger partial charge on any atom is -0.508 e. The van der Waals surface area contributed by atoms with E-state index in [-0.39, 0.29) is 17.4 Å². The zero-order valence-electron chi connectivity index (χ0n) is 21.2. The lowest BCUT2D eigenvalue weighted by molar-refractivity contribution is -0.136. The van der Waals surface area contributed by atoms with Crippen molar-refractivity contribution in [3.8, 4) is 5.75 Å². The van der Waals surface area contributed by atoms with Crippen LogP contribution in [0.3, 0.4) is 0 Å². The van der Waals surface area contributed by atoms with Gasteiger partial charge in [-0.1, -0.05) is 12.1 Å². The summed E-state index contributed by atoms with van der Waals surface area (Å²) in [5, 5.41) is 9.61. The van der Waals surface area contributed by atoms with E-state index in [1.807, 2.05) is 24.3 Å². The number of phenols is 1. The Bertz CT molecular complexity index is 1040. The molecule has 8 heteroatoms. The summed E-state index contributed by atoms with van der Waals surface area (Å²) in [5.41, 5.74) is 1.83. The number of hydrogen-bond donors (Lipinski definition) is 1. The zero-order valence-corrected chi connectivity index (χ0v) is 21.2. The highest BCUT2D eigenvalue weighted by atomic mass is 16.6. The number of anilines is 1. The number of ether oxygens (including phenoxy) is 1. The second-order valence-corrected chi connectivity index (χ2v) is 9.89. The minimum atomic E-state index is -0.740. The SMILES string of the molecule is CC(=O)c1ccc(N2CCN(C(=O)[C@H](Cc3ccc(O)cc3)N(C)C(=O)OC(C)(C)C)CC2)cc1. The number of amides is 2. The van der Waals surface area contributed by atoms with Gasteiger partial charge in [0, 0.05) is 50.9 Å². The number of ketones is 1. The Hall–Kier alpha value is -3.55. The molecule has 3 rings (SSSR count). The van der Waals surface area contributed by atoms with Crippen molar-refractivity contribution in [2.24, 2.45) is 0 Å². The van der Waals surface area contributed by atoms with Crippen LogP contribution in [0.4, 0.5) is 10.5 Å². The Balaban J connectivity index is 1.72. The maximum Gasteiger partial charge on any atom is 0.410 e. The molecular formula is C27H35N3O5. The number of carbonyl (C=O) groups is 3. The number of Topliss-reactive ketones (excluding diaryl/α,β-unsaturated/α-hetero) is 1. The monoisotopic (exact) mass is 481 g/mol. The van der Waals surface area contributed by atoms with Crippen LogP contribution in [0, 0.1) is 0 Å². The summed E-state index contributed by atoms with van der Waals surface area (Å²) >= 11 is 0. The molecule has 0 bridgehead atoms. The van der Waals surface area contributed by atoms with Crippen molar-refractivity contribution in [1.82, 2.24) is 9.80 Å². The Morgan fingerprint density at radius 2 is 1.54 bits per heavy atom. The van der Waals surface area contributed by atoms with Crippen LogP contribution in [0.1, 0.15) is 43.6 Å². The fourth-order valence-electron chi connectivity index (χ4n) is 4.01. The Morgan fingerprint density at radius 1 is 0.971 bits per heavy atom. The van der Waals surface area contributed by atoms with E-state index in [2.05, 4.69) is 4.90 Å². The summed E-state index contributed by atoms with van der Waals surface area (Å²) in [5.74, 6) is 0.0309. The third-order valence-electron chi connectivity index (χ3n) is 6.03. The molecule has 1 aliphatic rings. The second kappa shape index (κ2) is 10.8. The average molecular weight is 482 g/mol. The number of nitrogens with zero attached hydrogens (tertiary/aromatic N) is 3. The summed E-state index contributed by atoms with van der Waals surface area (Å²) in [6, 6.07) is 13.4. The molecule has 2 aromatic carbocycles. The lowest BCUT2D eigenvalue weighted by Crippen LogP contribution is -2.56. The van der Waals surface area contributed by atoms with Gasteiger partial charge in [-0.3, -0.25) is 14.5 Å². The van der Waals surface area contributed by atoms with Crippen LogP contribution in [0.2, 0.25) is 0 Å². The molecule has 1 saturated heterocycles. The Morgan fingerprint density at radius 3 is 2.06 bits per heavy atom. The van der Waals surface area contributed by atoms with Gasteiger partial charge in [0.15, 0.2) is 5.78 Å². The fraction of sp³-hybridized carbons (Fsp3) is 0.444. The smallest absolute Gasteiger partial charge is 0.410 e. The normalized spacial score (nSPS) is 14.9. The first kappa shape index (κ1) is 26.1. The van der Waals surface area contributed by atoms with Gasteiger partial charge >= 0.3 is 6.09 Å². The second-order valence-electron chi connectivity index (χ2n) is 9.89. The maximum atomic E-state index is 13.6. The van der Waals surface area contributed by atoms with Gasteiger partial charge in [0.25, 0.3) is 0 Å². The van der Waals surface area contributed by atoms with E-state index in [0.717, 1.165) is 11.3 Å². The third-order valence-corrected chi connectivity index (χ3v) is 6.03. The topological polar surface area (TPSA) is 90.4 Å². The van der Waals surface area contributed by atoms with Crippen LogP contribution in [0.25, 0.3) is 0 Å². The van der Waals surface area contributed by atoms with Gasteiger partial charge in [0.1, 0.15) is 17.4 Å². The molecule has 2 aromatic rings. The van der Waals surface area contributed by atoms with Crippen molar-refractivity contribution in [2.45, 2.75) is 45.8 Å². The van der Waals surface area contributed by atoms with Gasteiger partial charge in [0.05, 0.1) is 0 Å². The minimum absolute atomic E-state index is 0.0285. The first-order chi connectivity index (χ1) is 16.4. The lowest BCUT2D eigenvalue weighted by atomic mass is 10.0. The molecule has 35 heavy (non-hydrogen) atoms. The fourth-order valence-corrected chi connectivity index (χ4v) is 4.01. The standard InChI is InChI=1S/C27H35N3O5/c1-19(31)21-8-10-22(11-9-21)29-14-16-30(17-15-29)25(33)24(18-20-6-12-23(32)13-7-20)28(5)26(34)35-27(2,3)4/h6-13,24,32H,14-18H2,1-5H3/t24-/m0/s1. The van der Waals surface area contributed by atoms with E-state index in [1.165, 1.54) is 4.90 Å². The molecule has 0 spiro atoms. The zero-order chi connectivity index (χ0) is 25.8. The van der Waals surface area contributed by atoms with E-state index in [4.69, 9.17) is 4.74 Å². The number of hydrogen-bond acceptors (Lipinski definition) is 6. The molecule has 1 aliphatic heterocycles. The Labute approximate surface area is 207 Å². The molecule has 1 atom stereocenters. The highest BCUT2D eigenvalue weighted by Crippen LogP contribution is 2.21. The van der Waals surface area contributed by atoms with Gasteiger partial charge in [0.2, 0.25) is 5.91 Å². The lowest BCUT2D eigenvalue weighted by Gasteiger charge is -2.39. The summed E-state index contributed by atoms with van der Waals surface area (Å²) in [4.78, 5) is 43.3. The average Bonchev–Trinajstić information content (AvgIpc) is 2.82. The Kier molecular flexibility index (Phi) is 8.04. The van der Waals surface area contributed by atoms with Gasteiger partial charge in [-0.25, -0.2) is 4.79 Å². The van der Waals surface area contributed by atoms with Crippen molar-refractivity contribution in [3.63, 3.8) is 0 Å². The summed E-state index contributed by atoms with van der Waals surface area (Å²) in [6.07, 6.45) is -0.250. The molecule has 0 radical (unpaired) electrons. The van der Waals surface area contributed by atoms with Crippen LogP contribution in [-0.2, 0) is 16.0 Å². The van der Waals surface area contributed by atoms with Gasteiger partial charge in [-0.2, -0.15) is 0 Å². The molecule has 0 unspecified atom stereocenters. The molecule has 0 aliphatic carbocycles. The van der Waals surface area contributed by atoms with E-state index in [0.29, 0.717) is 38.2 Å². The van der Waals surface area contributed by atoms with Crippen molar-refractivity contribution in [1.29, 1.82) is 0 Å². The summed E-state index contributed by atoms with van der Waals surface area (Å²) in [6.45, 7) is 9.24. The van der Waals surface area contributed by atoms with Crippen molar-refractivity contribution >= 4 is 23.5 Å². The van der Waals surface area contributed by atoms with Gasteiger partial charge < -0.3 is 19.6 Å². The van der Waals surface area contributed by atoms with E-state index in [1.54, 1.807) is 63.9 Å².